The summed E-state index contributed by atoms with van der Waals surface area (Å²) in [5, 5.41) is 3.24. The van der Waals surface area contributed by atoms with E-state index in [1.807, 2.05) is 0 Å². The minimum absolute atomic E-state index is 0.224. The first-order valence-electron chi connectivity index (χ1n) is 5.23. The highest BCUT2D eigenvalue weighted by atomic mass is 32.2. The Morgan fingerprint density at radius 3 is 2.75 bits per heavy atom. The predicted octanol–water partition coefficient (Wildman–Crippen LogP) is 0.265. The Morgan fingerprint density at radius 1 is 1.50 bits per heavy atom. The van der Waals surface area contributed by atoms with E-state index in [1.165, 1.54) is 12.5 Å². The van der Waals surface area contributed by atoms with Gasteiger partial charge in [0.15, 0.2) is 9.84 Å². The van der Waals surface area contributed by atoms with E-state index in [2.05, 4.69) is 15.3 Å². The summed E-state index contributed by atoms with van der Waals surface area (Å²) in [4.78, 5) is 8.67. The van der Waals surface area contributed by atoms with Crippen LogP contribution in [-0.2, 0) is 9.84 Å². The highest BCUT2D eigenvalue weighted by Gasteiger charge is 2.21. The molecule has 0 bridgehead atoms. The number of aromatic nitrogens is 2. The van der Waals surface area contributed by atoms with Gasteiger partial charge < -0.3 is 5.32 Å². The molecular formula is C10H15N3O2S. The van der Waals surface area contributed by atoms with Crippen molar-refractivity contribution in [3.05, 3.63) is 17.7 Å². The third-order valence-electron chi connectivity index (χ3n) is 2.78. The molecule has 0 saturated carbocycles. The fourth-order valence-electron chi connectivity index (χ4n) is 1.91. The average molecular weight is 241 g/mol. The highest BCUT2D eigenvalue weighted by Crippen LogP contribution is 2.20. The zero-order valence-corrected chi connectivity index (χ0v) is 10.2. The van der Waals surface area contributed by atoms with Crippen molar-refractivity contribution >= 4 is 9.84 Å². The van der Waals surface area contributed by atoms with Crippen LogP contribution in [0.25, 0.3) is 0 Å². The van der Waals surface area contributed by atoms with Gasteiger partial charge in [0.25, 0.3) is 0 Å². The van der Waals surface area contributed by atoms with Gasteiger partial charge in [0, 0.05) is 24.9 Å². The Labute approximate surface area is 95.2 Å². The van der Waals surface area contributed by atoms with Crippen LogP contribution in [-0.4, -0.2) is 37.7 Å². The summed E-state index contributed by atoms with van der Waals surface area (Å²) >= 11 is 0. The first-order chi connectivity index (χ1) is 7.48. The van der Waals surface area contributed by atoms with E-state index in [0.717, 1.165) is 25.3 Å². The first-order valence-corrected chi connectivity index (χ1v) is 7.12. The summed E-state index contributed by atoms with van der Waals surface area (Å²) in [5.74, 6) is 1.06. The van der Waals surface area contributed by atoms with Crippen molar-refractivity contribution in [1.29, 1.82) is 0 Å². The van der Waals surface area contributed by atoms with Gasteiger partial charge in [-0.1, -0.05) is 0 Å². The molecule has 2 rings (SSSR count). The van der Waals surface area contributed by atoms with E-state index in [4.69, 9.17) is 0 Å². The maximum absolute atomic E-state index is 11.4. The van der Waals surface area contributed by atoms with Gasteiger partial charge in [-0.2, -0.15) is 0 Å². The minimum atomic E-state index is -3.21. The minimum Gasteiger partial charge on any atom is -0.316 e. The molecule has 1 fully saturated rings. The van der Waals surface area contributed by atoms with Gasteiger partial charge in [0.1, 0.15) is 10.7 Å². The molecule has 0 spiro atoms. The summed E-state index contributed by atoms with van der Waals surface area (Å²) in [5.41, 5.74) is 0.541. The molecule has 1 N–H and O–H groups in total. The lowest BCUT2D eigenvalue weighted by molar-refractivity contribution is 0.598. The van der Waals surface area contributed by atoms with Crippen LogP contribution in [0.15, 0.2) is 11.1 Å². The molecule has 0 aromatic carbocycles. The molecule has 1 aliphatic rings. The molecule has 1 aliphatic heterocycles. The van der Waals surface area contributed by atoms with Gasteiger partial charge in [0.2, 0.25) is 0 Å². The summed E-state index contributed by atoms with van der Waals surface area (Å²) < 4.78 is 22.8. The van der Waals surface area contributed by atoms with Crippen LogP contribution in [0.4, 0.5) is 0 Å². The monoisotopic (exact) mass is 241 g/mol. The van der Waals surface area contributed by atoms with Crippen LogP contribution in [0.2, 0.25) is 0 Å². The molecular weight excluding hydrogens is 226 g/mol. The quantitative estimate of drug-likeness (QED) is 0.804. The van der Waals surface area contributed by atoms with Crippen LogP contribution in [0, 0.1) is 6.92 Å². The Kier molecular flexibility index (Phi) is 2.94. The van der Waals surface area contributed by atoms with Crippen LogP contribution >= 0.6 is 0 Å². The van der Waals surface area contributed by atoms with Crippen molar-refractivity contribution in [3.63, 3.8) is 0 Å². The molecule has 1 unspecified atom stereocenters. The molecule has 88 valence electrons. The second-order valence-corrected chi connectivity index (χ2v) is 6.12. The number of sulfone groups is 1. The molecule has 0 amide bonds. The SMILES string of the molecule is Cc1nc(C2CCNC2)ncc1S(C)(=O)=O. The third-order valence-corrected chi connectivity index (χ3v) is 3.98. The zero-order chi connectivity index (χ0) is 11.8. The number of hydrogen-bond donors (Lipinski definition) is 1. The van der Waals surface area contributed by atoms with Gasteiger partial charge in [-0.05, 0) is 19.9 Å². The number of rotatable bonds is 2. The summed E-state index contributed by atoms with van der Waals surface area (Å²) in [6, 6.07) is 0. The van der Waals surface area contributed by atoms with Crippen LogP contribution in [0.1, 0.15) is 23.9 Å². The fourth-order valence-corrected chi connectivity index (χ4v) is 2.74. The maximum atomic E-state index is 11.4. The second-order valence-electron chi connectivity index (χ2n) is 4.14. The molecule has 2 heterocycles. The van der Waals surface area contributed by atoms with Crippen molar-refractivity contribution < 1.29 is 8.42 Å². The first kappa shape index (κ1) is 11.5. The zero-order valence-electron chi connectivity index (χ0n) is 9.40. The molecule has 1 aromatic rings. The van der Waals surface area contributed by atoms with Crippen molar-refractivity contribution in [2.75, 3.05) is 19.3 Å². The Balaban J connectivity index is 2.36. The van der Waals surface area contributed by atoms with Gasteiger partial charge in [-0.15, -0.1) is 0 Å². The maximum Gasteiger partial charge on any atom is 0.178 e. The molecule has 0 aliphatic carbocycles. The van der Waals surface area contributed by atoms with Crippen LogP contribution in [0.5, 0.6) is 0 Å². The Morgan fingerprint density at radius 2 is 2.25 bits per heavy atom. The van der Waals surface area contributed by atoms with Crippen molar-refractivity contribution in [2.45, 2.75) is 24.2 Å². The predicted molar refractivity (Wildman–Crippen MR) is 60.1 cm³/mol. The largest absolute Gasteiger partial charge is 0.316 e. The lowest BCUT2D eigenvalue weighted by Crippen LogP contribution is -2.12. The Hall–Kier alpha value is -1.01. The van der Waals surface area contributed by atoms with Gasteiger partial charge >= 0.3 is 0 Å². The van der Waals surface area contributed by atoms with Crippen LogP contribution < -0.4 is 5.32 Å². The highest BCUT2D eigenvalue weighted by molar-refractivity contribution is 7.90. The fraction of sp³-hybridized carbons (Fsp3) is 0.600. The number of aryl methyl sites for hydroxylation is 1. The van der Waals surface area contributed by atoms with E-state index in [9.17, 15) is 8.42 Å². The number of hydrogen-bond acceptors (Lipinski definition) is 5. The van der Waals surface area contributed by atoms with E-state index < -0.39 is 9.84 Å². The van der Waals surface area contributed by atoms with E-state index >= 15 is 0 Å². The van der Waals surface area contributed by atoms with Crippen molar-refractivity contribution in [1.82, 2.24) is 15.3 Å². The smallest absolute Gasteiger partial charge is 0.178 e. The summed E-state index contributed by atoms with van der Waals surface area (Å²) in [6.07, 6.45) is 3.61. The normalized spacial score (nSPS) is 21.2. The topological polar surface area (TPSA) is 72.0 Å². The molecule has 1 saturated heterocycles. The van der Waals surface area contributed by atoms with Gasteiger partial charge in [0.05, 0.1) is 5.69 Å². The van der Waals surface area contributed by atoms with E-state index in [0.29, 0.717) is 11.6 Å². The number of nitrogens with one attached hydrogen (secondary N) is 1. The van der Waals surface area contributed by atoms with Gasteiger partial charge in [-0.25, -0.2) is 18.4 Å². The summed E-state index contributed by atoms with van der Waals surface area (Å²) in [7, 11) is -3.21. The van der Waals surface area contributed by atoms with Gasteiger partial charge in [-0.3, -0.25) is 0 Å². The summed E-state index contributed by atoms with van der Waals surface area (Å²) in [6.45, 7) is 3.56. The Bertz CT molecular complexity index is 493. The standard InChI is InChI=1S/C10H15N3O2S/c1-7-9(16(2,14)15)6-12-10(13-7)8-3-4-11-5-8/h6,8,11H,3-5H2,1-2H3. The average Bonchev–Trinajstić information content (AvgIpc) is 2.68. The number of nitrogens with zero attached hydrogens (tertiary/aromatic N) is 2. The lowest BCUT2D eigenvalue weighted by Gasteiger charge is -2.09. The third kappa shape index (κ3) is 2.22. The lowest BCUT2D eigenvalue weighted by atomic mass is 10.1. The molecule has 16 heavy (non-hydrogen) atoms. The van der Waals surface area contributed by atoms with Crippen molar-refractivity contribution in [3.8, 4) is 0 Å². The van der Waals surface area contributed by atoms with Crippen molar-refractivity contribution in [2.24, 2.45) is 0 Å². The molecule has 6 heteroatoms. The molecule has 0 radical (unpaired) electrons. The molecule has 1 atom stereocenters. The molecule has 1 aromatic heterocycles. The second kappa shape index (κ2) is 4.10. The van der Waals surface area contributed by atoms with Crippen LogP contribution in [0.3, 0.4) is 0 Å². The van der Waals surface area contributed by atoms with E-state index in [1.54, 1.807) is 6.92 Å². The van der Waals surface area contributed by atoms with E-state index in [-0.39, 0.29) is 4.90 Å². The molecule has 5 nitrogen and oxygen atoms in total.